The summed E-state index contributed by atoms with van der Waals surface area (Å²) in [5, 5.41) is 8.47. The van der Waals surface area contributed by atoms with Crippen LogP contribution in [0.1, 0.15) is 12.8 Å². The van der Waals surface area contributed by atoms with E-state index in [0.29, 0.717) is 6.29 Å². The number of rotatable bonds is 4. The molecule has 0 spiro atoms. The van der Waals surface area contributed by atoms with Gasteiger partial charge in [0.15, 0.2) is 6.29 Å². The van der Waals surface area contributed by atoms with Crippen LogP contribution >= 0.6 is 0 Å². The number of nitriles is 1. The van der Waals surface area contributed by atoms with Crippen molar-refractivity contribution < 1.29 is 14.3 Å². The molecule has 0 aromatic carbocycles. The Hall–Kier alpha value is -2.09. The summed E-state index contributed by atoms with van der Waals surface area (Å²) in [7, 11) is 1.23. The topological polar surface area (TPSA) is 70.4 Å². The Morgan fingerprint density at radius 3 is 2.94 bits per heavy atom. The molecule has 0 N–H and O–H groups in total. The number of carbonyl (C=O) groups is 2. The molecule has 0 unspecified atom stereocenters. The SMILES string of the molecule is COC(=O)/C(C=O)=C/N1CCC[C@H]1/C=C/C#N. The zero-order valence-corrected chi connectivity index (χ0v) is 9.63. The van der Waals surface area contributed by atoms with Crippen molar-refractivity contribution in [1.29, 1.82) is 5.26 Å². The number of likely N-dealkylation sites (tertiary alicyclic amines) is 1. The highest BCUT2D eigenvalue weighted by atomic mass is 16.5. The molecule has 0 aromatic rings. The van der Waals surface area contributed by atoms with Crippen LogP contribution in [0.15, 0.2) is 23.9 Å². The second kappa shape index (κ2) is 6.48. The number of methoxy groups -OCH3 is 1. The average molecular weight is 234 g/mol. The first-order chi connectivity index (χ1) is 8.22. The van der Waals surface area contributed by atoms with Gasteiger partial charge >= 0.3 is 5.97 Å². The van der Waals surface area contributed by atoms with Crippen LogP contribution in [0.2, 0.25) is 0 Å². The Bertz CT molecular complexity index is 393. The van der Waals surface area contributed by atoms with Crippen molar-refractivity contribution in [3.8, 4) is 6.07 Å². The molecule has 1 atom stereocenters. The first-order valence-electron chi connectivity index (χ1n) is 5.30. The molecule has 0 aliphatic carbocycles. The van der Waals surface area contributed by atoms with E-state index in [1.54, 1.807) is 6.08 Å². The van der Waals surface area contributed by atoms with E-state index in [4.69, 9.17) is 5.26 Å². The Balaban J connectivity index is 2.81. The monoisotopic (exact) mass is 234 g/mol. The van der Waals surface area contributed by atoms with E-state index in [0.717, 1.165) is 19.4 Å². The predicted molar refractivity (Wildman–Crippen MR) is 60.6 cm³/mol. The molecule has 0 amide bonds. The maximum Gasteiger partial charge on any atom is 0.342 e. The smallest absolute Gasteiger partial charge is 0.342 e. The zero-order valence-electron chi connectivity index (χ0n) is 9.63. The minimum Gasteiger partial charge on any atom is -0.465 e. The van der Waals surface area contributed by atoms with Gasteiger partial charge in [-0.2, -0.15) is 5.26 Å². The maximum atomic E-state index is 11.2. The third kappa shape index (κ3) is 3.45. The van der Waals surface area contributed by atoms with E-state index < -0.39 is 5.97 Å². The van der Waals surface area contributed by atoms with Gasteiger partial charge in [0.2, 0.25) is 0 Å². The number of allylic oxidation sites excluding steroid dienone is 1. The first-order valence-corrected chi connectivity index (χ1v) is 5.30. The fourth-order valence-electron chi connectivity index (χ4n) is 1.76. The molecule has 17 heavy (non-hydrogen) atoms. The van der Waals surface area contributed by atoms with Gasteiger partial charge in [-0.05, 0) is 12.8 Å². The Labute approximate surface area is 100.0 Å². The van der Waals surface area contributed by atoms with E-state index >= 15 is 0 Å². The molecule has 5 heteroatoms. The van der Waals surface area contributed by atoms with Crippen LogP contribution in [-0.2, 0) is 14.3 Å². The third-order valence-corrected chi connectivity index (χ3v) is 2.59. The van der Waals surface area contributed by atoms with E-state index in [1.165, 1.54) is 19.4 Å². The molecule has 1 rings (SSSR count). The van der Waals surface area contributed by atoms with Crippen molar-refractivity contribution >= 4 is 12.3 Å². The molecule has 0 bridgehead atoms. The summed E-state index contributed by atoms with van der Waals surface area (Å²) in [5.41, 5.74) is -0.00948. The van der Waals surface area contributed by atoms with E-state index in [1.807, 2.05) is 11.0 Å². The van der Waals surface area contributed by atoms with Gasteiger partial charge in [-0.3, -0.25) is 4.79 Å². The lowest BCUT2D eigenvalue weighted by Crippen LogP contribution is -2.24. The number of hydrogen-bond acceptors (Lipinski definition) is 5. The maximum absolute atomic E-state index is 11.2. The van der Waals surface area contributed by atoms with Gasteiger partial charge in [0, 0.05) is 24.9 Å². The Morgan fingerprint density at radius 2 is 2.35 bits per heavy atom. The molecule has 0 saturated carbocycles. The zero-order chi connectivity index (χ0) is 12.7. The first kappa shape index (κ1) is 13.0. The molecule has 5 nitrogen and oxygen atoms in total. The van der Waals surface area contributed by atoms with Crippen LogP contribution < -0.4 is 0 Å². The molecule has 1 heterocycles. The normalized spacial score (nSPS) is 20.4. The van der Waals surface area contributed by atoms with Gasteiger partial charge in [-0.1, -0.05) is 6.08 Å². The number of esters is 1. The van der Waals surface area contributed by atoms with Crippen molar-refractivity contribution in [2.24, 2.45) is 0 Å². The van der Waals surface area contributed by atoms with Crippen LogP contribution in [-0.4, -0.2) is 36.9 Å². The minimum absolute atomic E-state index is 0.00948. The highest BCUT2D eigenvalue weighted by Gasteiger charge is 2.21. The molecule has 1 fully saturated rings. The van der Waals surface area contributed by atoms with Gasteiger partial charge in [0.05, 0.1) is 13.2 Å². The summed E-state index contributed by atoms with van der Waals surface area (Å²) >= 11 is 0. The second-order valence-electron chi connectivity index (χ2n) is 3.63. The number of hydrogen-bond donors (Lipinski definition) is 0. The quantitative estimate of drug-likeness (QED) is 0.179. The summed E-state index contributed by atoms with van der Waals surface area (Å²) in [6.45, 7) is 0.759. The fraction of sp³-hybridized carbons (Fsp3) is 0.417. The molecular weight excluding hydrogens is 220 g/mol. The lowest BCUT2D eigenvalue weighted by Gasteiger charge is -2.19. The van der Waals surface area contributed by atoms with Gasteiger partial charge in [0.1, 0.15) is 5.57 Å². The van der Waals surface area contributed by atoms with Crippen LogP contribution in [0.4, 0.5) is 0 Å². The molecule has 0 radical (unpaired) electrons. The summed E-state index contributed by atoms with van der Waals surface area (Å²) in [4.78, 5) is 23.8. The Morgan fingerprint density at radius 1 is 1.59 bits per heavy atom. The van der Waals surface area contributed by atoms with Crippen molar-refractivity contribution in [3.05, 3.63) is 23.9 Å². The molecular formula is C12H14N2O3. The summed E-state index contributed by atoms with van der Waals surface area (Å²) in [5.74, 6) is -0.644. The Kier molecular flexibility index (Phi) is 4.95. The van der Waals surface area contributed by atoms with Crippen LogP contribution in [0, 0.1) is 11.3 Å². The second-order valence-corrected chi connectivity index (χ2v) is 3.63. The molecule has 90 valence electrons. The molecule has 0 aromatic heterocycles. The lowest BCUT2D eigenvalue weighted by molar-refractivity contribution is -0.136. The summed E-state index contributed by atoms with van der Waals surface area (Å²) in [6, 6.07) is 1.99. The van der Waals surface area contributed by atoms with Gasteiger partial charge in [-0.15, -0.1) is 0 Å². The molecule has 1 aliphatic rings. The van der Waals surface area contributed by atoms with Gasteiger partial charge in [-0.25, -0.2) is 4.79 Å². The lowest BCUT2D eigenvalue weighted by atomic mass is 10.2. The van der Waals surface area contributed by atoms with Gasteiger partial charge < -0.3 is 9.64 Å². The van der Waals surface area contributed by atoms with Crippen molar-refractivity contribution in [2.45, 2.75) is 18.9 Å². The van der Waals surface area contributed by atoms with Crippen LogP contribution in [0.25, 0.3) is 0 Å². The van der Waals surface area contributed by atoms with E-state index in [-0.39, 0.29) is 11.6 Å². The highest BCUT2D eigenvalue weighted by Crippen LogP contribution is 2.19. The molecule has 1 aliphatic heterocycles. The number of aldehydes is 1. The van der Waals surface area contributed by atoms with Crippen LogP contribution in [0.3, 0.4) is 0 Å². The van der Waals surface area contributed by atoms with E-state index in [2.05, 4.69) is 4.74 Å². The number of carbonyl (C=O) groups excluding carboxylic acids is 2. The van der Waals surface area contributed by atoms with Crippen molar-refractivity contribution in [3.63, 3.8) is 0 Å². The fourth-order valence-corrected chi connectivity index (χ4v) is 1.76. The van der Waals surface area contributed by atoms with Crippen molar-refractivity contribution in [2.75, 3.05) is 13.7 Å². The third-order valence-electron chi connectivity index (χ3n) is 2.59. The standard InChI is InChI=1S/C12H14N2O3/c1-17-12(16)10(9-15)8-14-7-3-5-11(14)4-2-6-13/h2,4,8-9,11H,3,5,7H2,1H3/b4-2+,10-8+/t11-/m1/s1. The summed E-state index contributed by atoms with van der Waals surface area (Å²) < 4.78 is 4.49. The largest absolute Gasteiger partial charge is 0.465 e. The van der Waals surface area contributed by atoms with E-state index in [9.17, 15) is 9.59 Å². The number of nitrogens with zero attached hydrogens (tertiary/aromatic N) is 2. The molecule has 1 saturated heterocycles. The van der Waals surface area contributed by atoms with Crippen molar-refractivity contribution in [1.82, 2.24) is 4.90 Å². The van der Waals surface area contributed by atoms with Crippen LogP contribution in [0.5, 0.6) is 0 Å². The number of ether oxygens (including phenoxy) is 1. The predicted octanol–water partition coefficient (Wildman–Crippen LogP) is 0.786. The summed E-state index contributed by atoms with van der Waals surface area (Å²) in [6.07, 6.45) is 7.03. The van der Waals surface area contributed by atoms with Gasteiger partial charge in [0.25, 0.3) is 0 Å². The average Bonchev–Trinajstić information content (AvgIpc) is 2.79. The highest BCUT2D eigenvalue weighted by molar-refractivity contribution is 6.07. The minimum atomic E-state index is -0.644.